The first-order chi connectivity index (χ1) is 19.2. The molecule has 230 valence electrons. The van der Waals surface area contributed by atoms with E-state index in [2.05, 4.69) is 13.5 Å². The molecule has 0 aromatic carbocycles. The van der Waals surface area contributed by atoms with Crippen LogP contribution in [0.1, 0.15) is 71.1 Å². The quantitative estimate of drug-likeness (QED) is 0.0670. The second-order valence-corrected chi connectivity index (χ2v) is 8.84. The van der Waals surface area contributed by atoms with Gasteiger partial charge in [-0.2, -0.15) is 0 Å². The van der Waals surface area contributed by atoms with Crippen LogP contribution in [0.3, 0.4) is 0 Å². The van der Waals surface area contributed by atoms with Crippen molar-refractivity contribution in [1.29, 1.82) is 0 Å². The summed E-state index contributed by atoms with van der Waals surface area (Å²) in [6.07, 6.45) is 12.7. The normalized spacial score (nSPS) is 11.0. The third-order valence-electron chi connectivity index (χ3n) is 5.47. The number of rotatable bonds is 32. The Morgan fingerprint density at radius 2 is 0.821 bits per heavy atom. The lowest BCUT2D eigenvalue weighted by atomic mass is 10.1. The Hall–Kier alpha value is -1.56. The van der Waals surface area contributed by atoms with E-state index in [1.807, 2.05) is 0 Å². The first-order valence-electron chi connectivity index (χ1n) is 14.6. The maximum atomic E-state index is 11.7. The minimum atomic E-state index is -0.458. The fourth-order valence-electron chi connectivity index (χ4n) is 3.33. The monoisotopic (exact) mass is 562 g/mol. The van der Waals surface area contributed by atoms with E-state index in [4.69, 9.17) is 37.9 Å². The maximum absolute atomic E-state index is 11.7. The minimum Gasteiger partial charge on any atom is -0.463 e. The number of esters is 2. The predicted octanol–water partition coefficient (Wildman–Crippen LogP) is 4.28. The summed E-state index contributed by atoms with van der Waals surface area (Å²) in [7, 11) is 0. The summed E-state index contributed by atoms with van der Waals surface area (Å²) in [5.41, 5.74) is 0. The highest BCUT2D eigenvalue weighted by molar-refractivity contribution is 5.81. The van der Waals surface area contributed by atoms with E-state index in [1.54, 1.807) is 0 Å². The van der Waals surface area contributed by atoms with Crippen molar-refractivity contribution in [3.63, 3.8) is 0 Å². The molecule has 0 rings (SSSR count). The van der Waals surface area contributed by atoms with Crippen molar-refractivity contribution < 1.29 is 47.5 Å². The number of hydrogen-bond acceptors (Lipinski definition) is 10. The molecule has 0 aliphatic rings. The molecule has 10 nitrogen and oxygen atoms in total. The molecule has 0 aliphatic carbocycles. The Morgan fingerprint density at radius 3 is 1.21 bits per heavy atom. The van der Waals surface area contributed by atoms with Crippen LogP contribution in [-0.4, -0.2) is 104 Å². The van der Waals surface area contributed by atoms with E-state index in [1.165, 1.54) is 44.9 Å². The smallest absolute Gasteiger partial charge is 0.330 e. The van der Waals surface area contributed by atoms with Crippen LogP contribution in [0.25, 0.3) is 0 Å². The van der Waals surface area contributed by atoms with Gasteiger partial charge in [0.15, 0.2) is 0 Å². The fourth-order valence-corrected chi connectivity index (χ4v) is 3.33. The highest BCUT2D eigenvalue weighted by atomic mass is 16.6. The highest BCUT2D eigenvalue weighted by Crippen LogP contribution is 2.10. The van der Waals surface area contributed by atoms with E-state index < -0.39 is 5.97 Å². The molecule has 0 aromatic rings. The van der Waals surface area contributed by atoms with Crippen LogP contribution >= 0.6 is 0 Å². The summed E-state index contributed by atoms with van der Waals surface area (Å²) in [6, 6.07) is 0. The average Bonchev–Trinajstić information content (AvgIpc) is 2.94. The number of ether oxygens (including phenoxy) is 8. The summed E-state index contributed by atoms with van der Waals surface area (Å²) in [6.45, 7) is 11.4. The average molecular weight is 563 g/mol. The van der Waals surface area contributed by atoms with Gasteiger partial charge in [0.05, 0.1) is 79.3 Å². The van der Waals surface area contributed by atoms with Crippen molar-refractivity contribution in [2.75, 3.05) is 92.5 Å². The van der Waals surface area contributed by atoms with Gasteiger partial charge < -0.3 is 37.9 Å². The second-order valence-electron chi connectivity index (χ2n) is 8.84. The van der Waals surface area contributed by atoms with Gasteiger partial charge in [-0.05, 0) is 6.42 Å². The summed E-state index contributed by atoms with van der Waals surface area (Å²) < 4.78 is 42.3. The van der Waals surface area contributed by atoms with Gasteiger partial charge in [-0.3, -0.25) is 4.79 Å². The van der Waals surface area contributed by atoms with Crippen molar-refractivity contribution in [3.05, 3.63) is 12.7 Å². The SMILES string of the molecule is C=CC(=O)OCCOCCOCCOCCOCCOCCOCCOC(=O)CCCCCCCCCCC. The van der Waals surface area contributed by atoms with Gasteiger partial charge in [-0.15, -0.1) is 0 Å². The lowest BCUT2D eigenvalue weighted by Gasteiger charge is -2.08. The molecule has 10 heteroatoms. The van der Waals surface area contributed by atoms with Crippen LogP contribution in [0.15, 0.2) is 12.7 Å². The fraction of sp³-hybridized carbons (Fsp3) is 0.862. The zero-order valence-corrected chi connectivity index (χ0v) is 24.3. The summed E-state index contributed by atoms with van der Waals surface area (Å²) in [4.78, 5) is 22.5. The molecule has 0 radical (unpaired) electrons. The second kappa shape index (κ2) is 32.7. The zero-order chi connectivity index (χ0) is 28.5. The van der Waals surface area contributed by atoms with Crippen molar-refractivity contribution >= 4 is 11.9 Å². The minimum absolute atomic E-state index is 0.140. The third kappa shape index (κ3) is 32.5. The van der Waals surface area contributed by atoms with Gasteiger partial charge in [-0.25, -0.2) is 4.79 Å². The van der Waals surface area contributed by atoms with Gasteiger partial charge >= 0.3 is 11.9 Å². The molecule has 0 heterocycles. The molecule has 0 saturated carbocycles. The van der Waals surface area contributed by atoms with Crippen LogP contribution in [0.4, 0.5) is 0 Å². The topological polar surface area (TPSA) is 108 Å². The molecular formula is C29H54O10. The molecular weight excluding hydrogens is 508 g/mol. The predicted molar refractivity (Wildman–Crippen MR) is 149 cm³/mol. The van der Waals surface area contributed by atoms with E-state index in [-0.39, 0.29) is 19.2 Å². The third-order valence-corrected chi connectivity index (χ3v) is 5.47. The van der Waals surface area contributed by atoms with Gasteiger partial charge in [0.2, 0.25) is 0 Å². The van der Waals surface area contributed by atoms with Crippen LogP contribution in [0.2, 0.25) is 0 Å². The van der Waals surface area contributed by atoms with Gasteiger partial charge in [0, 0.05) is 12.5 Å². The van der Waals surface area contributed by atoms with Crippen molar-refractivity contribution in [2.45, 2.75) is 71.1 Å². The maximum Gasteiger partial charge on any atom is 0.330 e. The molecule has 39 heavy (non-hydrogen) atoms. The van der Waals surface area contributed by atoms with Crippen molar-refractivity contribution in [1.82, 2.24) is 0 Å². The number of hydrogen-bond donors (Lipinski definition) is 0. The molecule has 0 aliphatic heterocycles. The van der Waals surface area contributed by atoms with Crippen LogP contribution in [0, 0.1) is 0 Å². The lowest BCUT2D eigenvalue weighted by Crippen LogP contribution is -2.15. The van der Waals surface area contributed by atoms with E-state index in [0.29, 0.717) is 85.7 Å². The zero-order valence-electron chi connectivity index (χ0n) is 24.3. The highest BCUT2D eigenvalue weighted by Gasteiger charge is 2.03. The largest absolute Gasteiger partial charge is 0.463 e. The Bertz CT molecular complexity index is 544. The van der Waals surface area contributed by atoms with Crippen molar-refractivity contribution in [3.8, 4) is 0 Å². The van der Waals surface area contributed by atoms with E-state index in [9.17, 15) is 9.59 Å². The summed E-state index contributed by atoms with van der Waals surface area (Å²) in [5.74, 6) is -0.599. The van der Waals surface area contributed by atoms with Crippen LogP contribution < -0.4 is 0 Å². The first-order valence-corrected chi connectivity index (χ1v) is 14.6. The van der Waals surface area contributed by atoms with E-state index >= 15 is 0 Å². The summed E-state index contributed by atoms with van der Waals surface area (Å²) in [5, 5.41) is 0. The van der Waals surface area contributed by atoms with Crippen LogP contribution in [-0.2, 0) is 47.5 Å². The number of carbonyl (C=O) groups is 2. The first kappa shape index (κ1) is 37.4. The van der Waals surface area contributed by atoms with Gasteiger partial charge in [0.1, 0.15) is 13.2 Å². The molecule has 0 atom stereocenters. The molecule has 0 amide bonds. The molecule has 0 fully saturated rings. The number of unbranched alkanes of at least 4 members (excludes halogenated alkanes) is 8. The molecule has 0 bridgehead atoms. The Balaban J connectivity index is 3.14. The number of carbonyl (C=O) groups excluding carboxylic acids is 2. The molecule has 0 spiro atoms. The Morgan fingerprint density at radius 1 is 0.487 bits per heavy atom. The molecule has 0 unspecified atom stereocenters. The summed E-state index contributed by atoms with van der Waals surface area (Å²) >= 11 is 0. The molecule has 0 aromatic heterocycles. The molecule has 0 N–H and O–H groups in total. The van der Waals surface area contributed by atoms with E-state index in [0.717, 1.165) is 18.9 Å². The van der Waals surface area contributed by atoms with Gasteiger partial charge in [-0.1, -0.05) is 64.9 Å². The molecule has 0 saturated heterocycles. The lowest BCUT2D eigenvalue weighted by molar-refractivity contribution is -0.145. The standard InChI is InChI=1S/C29H54O10/c1-3-5-6-7-8-9-10-11-12-13-29(31)39-27-25-37-23-21-35-19-17-33-15-14-32-16-18-34-20-22-36-24-26-38-28(30)4-2/h4H,2-3,5-27H2,1H3. The van der Waals surface area contributed by atoms with Crippen molar-refractivity contribution in [2.24, 2.45) is 0 Å². The Labute approximate surface area is 235 Å². The Kier molecular flexibility index (Phi) is 31.3. The van der Waals surface area contributed by atoms with Crippen LogP contribution in [0.5, 0.6) is 0 Å². The van der Waals surface area contributed by atoms with Gasteiger partial charge in [0.25, 0.3) is 0 Å².